The van der Waals surface area contributed by atoms with Crippen molar-refractivity contribution in [3.05, 3.63) is 29.3 Å². The maximum Gasteiger partial charge on any atom is 0.411 e. The van der Waals surface area contributed by atoms with Crippen LogP contribution in [0.2, 0.25) is 0 Å². The molecule has 0 saturated carbocycles. The smallest absolute Gasteiger partial charge is 0.385 e. The van der Waals surface area contributed by atoms with E-state index in [9.17, 15) is 18.0 Å². The molecule has 0 fully saturated rings. The molecule has 4 nitrogen and oxygen atoms in total. The van der Waals surface area contributed by atoms with Crippen molar-refractivity contribution in [2.24, 2.45) is 0 Å². The van der Waals surface area contributed by atoms with Crippen LogP contribution in [0.25, 0.3) is 0 Å². The molecule has 0 heterocycles. The molecule has 21 heavy (non-hydrogen) atoms. The highest BCUT2D eigenvalue weighted by molar-refractivity contribution is 5.94. The quantitative estimate of drug-likeness (QED) is 0.762. The van der Waals surface area contributed by atoms with Crippen LogP contribution in [-0.2, 0) is 4.74 Å². The van der Waals surface area contributed by atoms with E-state index in [0.717, 1.165) is 17.8 Å². The molecule has 0 aliphatic heterocycles. The molecule has 0 saturated heterocycles. The van der Waals surface area contributed by atoms with Gasteiger partial charge in [-0.3, -0.25) is 4.79 Å². The zero-order chi connectivity index (χ0) is 15.9. The number of hydrogen-bond acceptors (Lipinski definition) is 3. The molecule has 1 amide bonds. The third-order valence-electron chi connectivity index (χ3n) is 2.65. The fourth-order valence-electron chi connectivity index (χ4n) is 1.72. The predicted octanol–water partition coefficient (Wildman–Crippen LogP) is 2.74. The van der Waals surface area contributed by atoms with Crippen LogP contribution < -0.4 is 10.6 Å². The molecule has 0 unspecified atom stereocenters. The SMILES string of the molecule is CCNc1ccc(C(=O)NCCOCC(F)(F)F)cc1C. The van der Waals surface area contributed by atoms with E-state index in [4.69, 9.17) is 0 Å². The number of benzene rings is 1. The first-order valence-electron chi connectivity index (χ1n) is 6.60. The number of alkyl halides is 3. The molecule has 0 aromatic heterocycles. The average molecular weight is 304 g/mol. The van der Waals surface area contributed by atoms with Gasteiger partial charge in [0.2, 0.25) is 0 Å². The van der Waals surface area contributed by atoms with E-state index < -0.39 is 12.8 Å². The zero-order valence-electron chi connectivity index (χ0n) is 12.0. The van der Waals surface area contributed by atoms with Crippen LogP contribution in [0, 0.1) is 6.92 Å². The van der Waals surface area contributed by atoms with Crippen LogP contribution in [0.15, 0.2) is 18.2 Å². The van der Waals surface area contributed by atoms with Gasteiger partial charge >= 0.3 is 6.18 Å². The van der Waals surface area contributed by atoms with Crippen molar-refractivity contribution in [1.82, 2.24) is 5.32 Å². The number of anilines is 1. The van der Waals surface area contributed by atoms with Gasteiger partial charge < -0.3 is 15.4 Å². The third-order valence-corrected chi connectivity index (χ3v) is 2.65. The van der Waals surface area contributed by atoms with Crippen LogP contribution in [0.4, 0.5) is 18.9 Å². The summed E-state index contributed by atoms with van der Waals surface area (Å²) in [6.45, 7) is 3.17. The lowest BCUT2D eigenvalue weighted by atomic mass is 10.1. The van der Waals surface area contributed by atoms with E-state index in [1.165, 1.54) is 0 Å². The molecule has 7 heteroatoms. The minimum absolute atomic E-state index is 0.0307. The number of carbonyl (C=O) groups excluding carboxylic acids is 1. The van der Waals surface area contributed by atoms with Gasteiger partial charge in [0.1, 0.15) is 6.61 Å². The van der Waals surface area contributed by atoms with E-state index in [1.807, 2.05) is 13.8 Å². The lowest BCUT2D eigenvalue weighted by molar-refractivity contribution is -0.173. The van der Waals surface area contributed by atoms with Crippen molar-refractivity contribution in [2.45, 2.75) is 20.0 Å². The van der Waals surface area contributed by atoms with Crippen LogP contribution in [0.1, 0.15) is 22.8 Å². The molecule has 0 spiro atoms. The fraction of sp³-hybridized carbons (Fsp3) is 0.500. The highest BCUT2D eigenvalue weighted by atomic mass is 19.4. The number of carbonyl (C=O) groups is 1. The summed E-state index contributed by atoms with van der Waals surface area (Å²) in [5.74, 6) is -0.336. The van der Waals surface area contributed by atoms with Crippen molar-refractivity contribution in [3.63, 3.8) is 0 Å². The summed E-state index contributed by atoms with van der Waals surface area (Å²) >= 11 is 0. The first-order chi connectivity index (χ1) is 9.83. The number of ether oxygens (including phenoxy) is 1. The summed E-state index contributed by atoms with van der Waals surface area (Å²) < 4.78 is 39.9. The number of halogens is 3. The molecule has 0 aliphatic rings. The van der Waals surface area contributed by atoms with Crippen molar-refractivity contribution < 1.29 is 22.7 Å². The number of amides is 1. The first kappa shape index (κ1) is 17.3. The topological polar surface area (TPSA) is 50.4 Å². The van der Waals surface area contributed by atoms with Crippen LogP contribution in [-0.4, -0.2) is 38.4 Å². The summed E-state index contributed by atoms with van der Waals surface area (Å²) in [4.78, 5) is 11.8. The van der Waals surface area contributed by atoms with E-state index >= 15 is 0 Å². The molecule has 1 aromatic rings. The van der Waals surface area contributed by atoms with Gasteiger partial charge in [-0.1, -0.05) is 0 Å². The molecule has 0 bridgehead atoms. The Labute approximate surface area is 121 Å². The summed E-state index contributed by atoms with van der Waals surface area (Å²) in [7, 11) is 0. The van der Waals surface area contributed by atoms with Gasteiger partial charge in [-0.05, 0) is 37.6 Å². The fourth-order valence-corrected chi connectivity index (χ4v) is 1.72. The minimum atomic E-state index is -4.34. The van der Waals surface area contributed by atoms with E-state index in [2.05, 4.69) is 15.4 Å². The number of rotatable bonds is 7. The molecule has 1 aromatic carbocycles. The van der Waals surface area contributed by atoms with Crippen LogP contribution in [0.3, 0.4) is 0 Å². The van der Waals surface area contributed by atoms with Crippen molar-refractivity contribution in [3.8, 4) is 0 Å². The van der Waals surface area contributed by atoms with Crippen molar-refractivity contribution in [2.75, 3.05) is 31.6 Å². The van der Waals surface area contributed by atoms with Gasteiger partial charge in [0.25, 0.3) is 5.91 Å². The Hall–Kier alpha value is -1.76. The number of aryl methyl sites for hydroxylation is 1. The maximum atomic E-state index is 11.8. The van der Waals surface area contributed by atoms with Gasteiger partial charge in [0.05, 0.1) is 6.61 Å². The van der Waals surface area contributed by atoms with Gasteiger partial charge in [-0.25, -0.2) is 0 Å². The second-order valence-electron chi connectivity index (χ2n) is 4.48. The summed E-state index contributed by atoms with van der Waals surface area (Å²) in [6.07, 6.45) is -4.34. The van der Waals surface area contributed by atoms with E-state index in [0.29, 0.717) is 5.56 Å². The normalized spacial score (nSPS) is 11.3. The van der Waals surface area contributed by atoms with Crippen molar-refractivity contribution >= 4 is 11.6 Å². The molecular weight excluding hydrogens is 285 g/mol. The van der Waals surface area contributed by atoms with Crippen LogP contribution >= 0.6 is 0 Å². The van der Waals surface area contributed by atoms with Gasteiger partial charge in [-0.2, -0.15) is 13.2 Å². The Morgan fingerprint density at radius 1 is 1.33 bits per heavy atom. The summed E-state index contributed by atoms with van der Waals surface area (Å²) in [5, 5.41) is 5.67. The Kier molecular flexibility index (Phi) is 6.48. The average Bonchev–Trinajstić information content (AvgIpc) is 2.39. The van der Waals surface area contributed by atoms with E-state index in [-0.39, 0.29) is 19.1 Å². The van der Waals surface area contributed by atoms with Crippen molar-refractivity contribution in [1.29, 1.82) is 0 Å². The van der Waals surface area contributed by atoms with Gasteiger partial charge in [0.15, 0.2) is 0 Å². The Morgan fingerprint density at radius 3 is 2.62 bits per heavy atom. The number of nitrogens with one attached hydrogen (secondary N) is 2. The second kappa shape index (κ2) is 7.87. The second-order valence-corrected chi connectivity index (χ2v) is 4.48. The predicted molar refractivity (Wildman–Crippen MR) is 74.5 cm³/mol. The highest BCUT2D eigenvalue weighted by Gasteiger charge is 2.27. The summed E-state index contributed by atoms with van der Waals surface area (Å²) in [6, 6.07) is 5.19. The molecule has 1 rings (SSSR count). The monoisotopic (exact) mass is 304 g/mol. The molecule has 0 radical (unpaired) electrons. The highest BCUT2D eigenvalue weighted by Crippen LogP contribution is 2.16. The molecule has 0 aliphatic carbocycles. The Bertz CT molecular complexity index is 476. The number of hydrogen-bond donors (Lipinski definition) is 2. The van der Waals surface area contributed by atoms with Gasteiger partial charge in [0, 0.05) is 24.3 Å². The maximum absolute atomic E-state index is 11.8. The molecule has 2 N–H and O–H groups in total. The Morgan fingerprint density at radius 2 is 2.05 bits per heavy atom. The zero-order valence-corrected chi connectivity index (χ0v) is 12.0. The molecular formula is C14H19F3N2O2. The Balaban J connectivity index is 2.40. The lowest BCUT2D eigenvalue weighted by Crippen LogP contribution is -2.29. The third kappa shape index (κ3) is 6.48. The summed E-state index contributed by atoms with van der Waals surface area (Å²) in [5.41, 5.74) is 2.34. The lowest BCUT2D eigenvalue weighted by Gasteiger charge is -2.11. The van der Waals surface area contributed by atoms with Gasteiger partial charge in [-0.15, -0.1) is 0 Å². The standard InChI is InChI=1S/C14H19F3N2O2/c1-3-18-12-5-4-11(8-10(12)2)13(20)19-6-7-21-9-14(15,16)17/h4-5,8,18H,3,6-7,9H2,1-2H3,(H,19,20). The molecule has 118 valence electrons. The largest absolute Gasteiger partial charge is 0.411 e. The minimum Gasteiger partial charge on any atom is -0.385 e. The molecule has 0 atom stereocenters. The van der Waals surface area contributed by atoms with Crippen LogP contribution in [0.5, 0.6) is 0 Å². The van der Waals surface area contributed by atoms with E-state index in [1.54, 1.807) is 18.2 Å². The first-order valence-corrected chi connectivity index (χ1v) is 6.60.